The number of benzene rings is 1. The molecule has 1 N–H and O–H groups in total. The normalized spacial score (nSPS) is 12.8. The average Bonchev–Trinajstić information content (AvgIpc) is 2.04. The van der Waals surface area contributed by atoms with Gasteiger partial charge in [-0.15, -0.1) is 11.8 Å². The summed E-state index contributed by atoms with van der Waals surface area (Å²) >= 11 is 1.87. The lowest BCUT2D eigenvalue weighted by atomic mass is 9.86. The topological polar surface area (TPSA) is 20.2 Å². The molecule has 1 aromatic rings. The van der Waals surface area contributed by atoms with Gasteiger partial charge in [0, 0.05) is 9.64 Å². The number of hydrogen-bond donors (Lipinski definition) is 1. The van der Waals surface area contributed by atoms with E-state index in [4.69, 9.17) is 0 Å². The molecule has 16 heavy (non-hydrogen) atoms. The van der Waals surface area contributed by atoms with E-state index in [-0.39, 0.29) is 4.75 Å². The fourth-order valence-corrected chi connectivity index (χ4v) is 3.56. The summed E-state index contributed by atoms with van der Waals surface area (Å²) in [5.74, 6) is 0.331. The van der Waals surface area contributed by atoms with E-state index in [1.807, 2.05) is 23.9 Å². The highest BCUT2D eigenvalue weighted by Crippen LogP contribution is 2.40. The fraction of sp³-hybridized carbons (Fsp3) is 0.571. The van der Waals surface area contributed by atoms with E-state index < -0.39 is 0 Å². The Labute approximate surface area is 103 Å². The predicted molar refractivity (Wildman–Crippen MR) is 72.1 cm³/mol. The molecule has 0 aliphatic rings. The molecule has 0 aliphatic heterocycles. The molecule has 0 saturated carbocycles. The van der Waals surface area contributed by atoms with E-state index in [2.05, 4.69) is 34.6 Å². The molecule has 0 aliphatic carbocycles. The van der Waals surface area contributed by atoms with Gasteiger partial charge in [-0.2, -0.15) is 0 Å². The molecule has 0 fully saturated rings. The van der Waals surface area contributed by atoms with Crippen molar-refractivity contribution in [3.63, 3.8) is 0 Å². The first-order chi connectivity index (χ1) is 7.18. The summed E-state index contributed by atoms with van der Waals surface area (Å²) in [6.07, 6.45) is 1.16. The molecule has 0 aromatic heterocycles. The van der Waals surface area contributed by atoms with Crippen LogP contribution in [0.15, 0.2) is 29.2 Å². The minimum atomic E-state index is 0.217. The highest BCUT2D eigenvalue weighted by molar-refractivity contribution is 8.00. The molecule has 0 unspecified atom stereocenters. The third-order valence-electron chi connectivity index (χ3n) is 2.19. The van der Waals surface area contributed by atoms with Gasteiger partial charge in [0.1, 0.15) is 5.75 Å². The maximum atomic E-state index is 9.23. The molecule has 2 heteroatoms. The maximum absolute atomic E-state index is 9.23. The first-order valence-corrected chi connectivity index (χ1v) is 6.48. The summed E-state index contributed by atoms with van der Waals surface area (Å²) in [4.78, 5) is 1.21. The van der Waals surface area contributed by atoms with Crippen LogP contribution in [0.5, 0.6) is 5.75 Å². The van der Waals surface area contributed by atoms with Crippen molar-refractivity contribution in [2.75, 3.05) is 0 Å². The Kier molecular flexibility index (Phi) is 3.95. The van der Waals surface area contributed by atoms with Crippen LogP contribution >= 0.6 is 11.8 Å². The Morgan fingerprint density at radius 1 is 1.00 bits per heavy atom. The molecule has 0 amide bonds. The number of phenolic OH excluding ortho intramolecular Hbond substituents is 1. The van der Waals surface area contributed by atoms with Crippen LogP contribution in [-0.4, -0.2) is 9.85 Å². The third kappa shape index (κ3) is 4.93. The zero-order valence-electron chi connectivity index (χ0n) is 10.9. The summed E-state index contributed by atoms with van der Waals surface area (Å²) in [6.45, 7) is 11.4. The van der Waals surface area contributed by atoms with Crippen LogP contribution in [0.1, 0.15) is 41.0 Å². The van der Waals surface area contributed by atoms with E-state index in [0.29, 0.717) is 11.2 Å². The lowest BCUT2D eigenvalue weighted by Crippen LogP contribution is -2.23. The van der Waals surface area contributed by atoms with Crippen molar-refractivity contribution in [2.24, 2.45) is 5.41 Å². The average molecular weight is 238 g/mol. The highest BCUT2D eigenvalue weighted by atomic mass is 32.2. The van der Waals surface area contributed by atoms with Crippen molar-refractivity contribution >= 4 is 11.8 Å². The van der Waals surface area contributed by atoms with Crippen molar-refractivity contribution in [1.82, 2.24) is 0 Å². The molecule has 1 rings (SSSR count). The minimum Gasteiger partial charge on any atom is -0.508 e. The van der Waals surface area contributed by atoms with E-state index >= 15 is 0 Å². The third-order valence-corrected chi connectivity index (χ3v) is 3.39. The van der Waals surface area contributed by atoms with Gasteiger partial charge in [0.2, 0.25) is 0 Å². The summed E-state index contributed by atoms with van der Waals surface area (Å²) in [5.41, 5.74) is 0.341. The van der Waals surface area contributed by atoms with Crippen LogP contribution in [0.3, 0.4) is 0 Å². The largest absolute Gasteiger partial charge is 0.508 e. The van der Waals surface area contributed by atoms with E-state index in [1.54, 1.807) is 12.1 Å². The van der Waals surface area contributed by atoms with Gasteiger partial charge in [0.05, 0.1) is 0 Å². The van der Waals surface area contributed by atoms with Crippen LogP contribution in [-0.2, 0) is 0 Å². The van der Waals surface area contributed by atoms with Crippen molar-refractivity contribution in [3.8, 4) is 5.75 Å². The zero-order valence-corrected chi connectivity index (χ0v) is 11.7. The van der Waals surface area contributed by atoms with Gasteiger partial charge in [-0.25, -0.2) is 0 Å². The Hall–Kier alpha value is -0.630. The molecular formula is C14H22OS. The van der Waals surface area contributed by atoms with E-state index in [0.717, 1.165) is 6.42 Å². The van der Waals surface area contributed by atoms with Crippen LogP contribution in [0.25, 0.3) is 0 Å². The van der Waals surface area contributed by atoms with Gasteiger partial charge in [-0.05, 0) is 36.1 Å². The van der Waals surface area contributed by atoms with Crippen LogP contribution in [0.2, 0.25) is 0 Å². The van der Waals surface area contributed by atoms with E-state index in [9.17, 15) is 5.11 Å². The number of thioether (sulfide) groups is 1. The van der Waals surface area contributed by atoms with Gasteiger partial charge in [-0.1, -0.05) is 34.6 Å². The molecule has 0 radical (unpaired) electrons. The maximum Gasteiger partial charge on any atom is 0.115 e. The lowest BCUT2D eigenvalue weighted by Gasteiger charge is -2.31. The Bertz CT molecular complexity index is 333. The van der Waals surface area contributed by atoms with Crippen molar-refractivity contribution < 1.29 is 5.11 Å². The van der Waals surface area contributed by atoms with Crippen molar-refractivity contribution in [1.29, 1.82) is 0 Å². The first-order valence-electron chi connectivity index (χ1n) is 5.66. The molecule has 0 atom stereocenters. The van der Waals surface area contributed by atoms with Crippen LogP contribution < -0.4 is 0 Å². The second-order valence-electron chi connectivity index (χ2n) is 6.09. The summed E-state index contributed by atoms with van der Waals surface area (Å²) in [5, 5.41) is 9.23. The smallest absolute Gasteiger partial charge is 0.115 e. The fourth-order valence-electron chi connectivity index (χ4n) is 2.15. The summed E-state index contributed by atoms with van der Waals surface area (Å²) < 4.78 is 0.217. The molecule has 0 bridgehead atoms. The van der Waals surface area contributed by atoms with Gasteiger partial charge < -0.3 is 5.11 Å². The Morgan fingerprint density at radius 3 is 1.94 bits per heavy atom. The van der Waals surface area contributed by atoms with Gasteiger partial charge >= 0.3 is 0 Å². The Morgan fingerprint density at radius 2 is 1.50 bits per heavy atom. The standard InChI is InChI=1S/C14H22OS/c1-13(2,3)10-14(4,5)16-12-8-6-11(15)7-9-12/h6-9,15H,10H2,1-5H3. The number of rotatable bonds is 3. The SMILES string of the molecule is CC(C)(C)CC(C)(C)Sc1ccc(O)cc1. The van der Waals surface area contributed by atoms with E-state index in [1.165, 1.54) is 4.90 Å². The highest BCUT2D eigenvalue weighted by Gasteiger charge is 2.26. The summed E-state index contributed by atoms with van der Waals surface area (Å²) in [7, 11) is 0. The molecule has 1 aromatic carbocycles. The van der Waals surface area contributed by atoms with Gasteiger partial charge in [0.25, 0.3) is 0 Å². The number of phenols is 1. The quantitative estimate of drug-likeness (QED) is 0.770. The van der Waals surface area contributed by atoms with Gasteiger partial charge in [-0.3, -0.25) is 0 Å². The monoisotopic (exact) mass is 238 g/mol. The van der Waals surface area contributed by atoms with Crippen LogP contribution in [0, 0.1) is 5.41 Å². The second-order valence-corrected chi connectivity index (χ2v) is 7.87. The van der Waals surface area contributed by atoms with Crippen molar-refractivity contribution in [2.45, 2.75) is 50.7 Å². The number of hydrogen-bond acceptors (Lipinski definition) is 2. The lowest BCUT2D eigenvalue weighted by molar-refractivity contribution is 0.339. The molecule has 0 spiro atoms. The molecular weight excluding hydrogens is 216 g/mol. The van der Waals surface area contributed by atoms with Gasteiger partial charge in [0.15, 0.2) is 0 Å². The second kappa shape index (κ2) is 4.70. The molecule has 1 nitrogen and oxygen atoms in total. The van der Waals surface area contributed by atoms with Crippen LogP contribution in [0.4, 0.5) is 0 Å². The molecule has 0 saturated heterocycles. The first kappa shape index (κ1) is 13.4. The minimum absolute atomic E-state index is 0.217. The molecule has 0 heterocycles. The zero-order chi connectivity index (χ0) is 12.4. The summed E-state index contributed by atoms with van der Waals surface area (Å²) in [6, 6.07) is 7.44. The number of aromatic hydroxyl groups is 1. The van der Waals surface area contributed by atoms with Crippen molar-refractivity contribution in [3.05, 3.63) is 24.3 Å². The molecule has 90 valence electrons. The Balaban J connectivity index is 2.69. The predicted octanol–water partition coefficient (Wildman–Crippen LogP) is 4.70.